The largest absolute Gasteiger partial charge is 0.294 e. The van der Waals surface area contributed by atoms with E-state index in [0.29, 0.717) is 14.3 Å². The summed E-state index contributed by atoms with van der Waals surface area (Å²) in [7, 11) is -3.71. The normalized spacial score (nSPS) is 19.7. The Morgan fingerprint density at radius 3 is 1.41 bits per heavy atom. The molecule has 3 nitrogen and oxygen atoms in total. The second-order valence-corrected chi connectivity index (χ2v) is 17.8. The molecule has 41 heavy (non-hydrogen) atoms. The lowest BCUT2D eigenvalue weighted by Crippen LogP contribution is -2.28. The Morgan fingerprint density at radius 2 is 1.00 bits per heavy atom. The van der Waals surface area contributed by atoms with E-state index >= 15 is 0 Å². The number of rotatable bonds is 15. The summed E-state index contributed by atoms with van der Waals surface area (Å²) in [5, 5.41) is 0. The summed E-state index contributed by atoms with van der Waals surface area (Å²) in [6, 6.07) is 6.73. The molecule has 4 rings (SSSR count). The summed E-state index contributed by atoms with van der Waals surface area (Å²) < 4.78 is 31.8. The fraction of sp³-hybridized carbons (Fsp3) is 0.833. The van der Waals surface area contributed by atoms with Crippen LogP contribution in [0.25, 0.3) is 0 Å². The molecule has 0 aromatic heterocycles. The molecule has 0 bridgehead atoms. The van der Waals surface area contributed by atoms with E-state index in [0.717, 1.165) is 18.4 Å². The summed E-state index contributed by atoms with van der Waals surface area (Å²) >= 11 is 0. The maximum atomic E-state index is 11.3. The molecule has 1 N–H and O–H groups in total. The fourth-order valence-electron chi connectivity index (χ4n) is 7.80. The van der Waals surface area contributed by atoms with Crippen molar-refractivity contribution in [2.45, 2.75) is 196 Å². The highest BCUT2D eigenvalue weighted by Gasteiger charge is 2.36. The average molecular weight is 607 g/mol. The minimum absolute atomic E-state index is 0.0610. The van der Waals surface area contributed by atoms with Crippen molar-refractivity contribution in [2.24, 2.45) is 0 Å². The SMILES string of the molecule is C1CCC(P(C2CCCCC2)C2CCCCC2)CC1.CCCCCCCCCCCCc1ccccc1S(=O)(=O)O. The highest BCUT2D eigenvalue weighted by atomic mass is 32.2. The van der Waals surface area contributed by atoms with Crippen LogP contribution in [-0.2, 0) is 16.5 Å². The van der Waals surface area contributed by atoms with Crippen LogP contribution in [0.1, 0.15) is 173 Å². The Labute approximate surface area is 255 Å². The van der Waals surface area contributed by atoms with E-state index in [4.69, 9.17) is 0 Å². The number of aryl methyl sites for hydroxylation is 1. The van der Waals surface area contributed by atoms with Crippen LogP contribution in [0.4, 0.5) is 0 Å². The standard InChI is InChI=1S/C18H30O3S.C18H33P/c1-2-3-4-5-6-7-8-9-10-11-14-17-15-12-13-16-18(17)22(19,20)21;1-4-10-16(11-5-1)19(17-12-6-2-7-13-17)18-14-8-3-9-15-18/h12-13,15-16H,2-11,14H2,1H3,(H,19,20,21);16-18H,1-15H2. The van der Waals surface area contributed by atoms with Crippen molar-refractivity contribution in [1.82, 2.24) is 0 Å². The lowest BCUT2D eigenvalue weighted by molar-refractivity contribution is 0.460. The van der Waals surface area contributed by atoms with Gasteiger partial charge in [-0.25, -0.2) is 0 Å². The smallest absolute Gasteiger partial charge is 0.282 e. The van der Waals surface area contributed by atoms with Gasteiger partial charge in [0.05, 0.1) is 4.90 Å². The predicted octanol–water partition coefficient (Wildman–Crippen LogP) is 11.9. The summed E-state index contributed by atoms with van der Waals surface area (Å²) in [6.45, 7) is 2.24. The van der Waals surface area contributed by atoms with Gasteiger partial charge in [-0.3, -0.25) is 4.55 Å². The monoisotopic (exact) mass is 606 g/mol. The highest BCUT2D eigenvalue weighted by molar-refractivity contribution is 7.85. The molecule has 0 saturated heterocycles. The van der Waals surface area contributed by atoms with E-state index in [1.807, 2.05) is 6.07 Å². The fourth-order valence-corrected chi connectivity index (χ4v) is 13.2. The zero-order valence-corrected chi connectivity index (χ0v) is 28.3. The van der Waals surface area contributed by atoms with Crippen LogP contribution < -0.4 is 0 Å². The molecule has 0 amide bonds. The number of hydrogen-bond acceptors (Lipinski definition) is 2. The van der Waals surface area contributed by atoms with Crippen LogP contribution in [0, 0.1) is 0 Å². The van der Waals surface area contributed by atoms with E-state index in [1.165, 1.54) is 93.7 Å². The molecule has 0 unspecified atom stereocenters. The van der Waals surface area contributed by atoms with Gasteiger partial charge in [0, 0.05) is 0 Å². The number of hydrogen-bond donors (Lipinski definition) is 1. The average Bonchev–Trinajstić information content (AvgIpc) is 3.00. The second-order valence-electron chi connectivity index (χ2n) is 13.3. The van der Waals surface area contributed by atoms with Gasteiger partial charge in [-0.05, 0) is 80.0 Å². The molecule has 3 aliphatic rings. The Kier molecular flexibility index (Phi) is 17.5. The zero-order chi connectivity index (χ0) is 29.2. The molecule has 0 atom stereocenters. The van der Waals surface area contributed by atoms with E-state index in [9.17, 15) is 13.0 Å². The molecule has 0 spiro atoms. The topological polar surface area (TPSA) is 54.4 Å². The summed E-state index contributed by atoms with van der Waals surface area (Å²) in [6.07, 6.45) is 36.9. The van der Waals surface area contributed by atoms with Crippen LogP contribution in [0.3, 0.4) is 0 Å². The van der Waals surface area contributed by atoms with Gasteiger partial charge < -0.3 is 0 Å². The van der Waals surface area contributed by atoms with Gasteiger partial charge in [0.1, 0.15) is 0 Å². The predicted molar refractivity (Wildman–Crippen MR) is 179 cm³/mol. The summed E-state index contributed by atoms with van der Waals surface area (Å²) in [5.41, 5.74) is 4.30. The Balaban J connectivity index is 0.000000227. The first-order valence-corrected chi connectivity index (χ1v) is 20.8. The molecule has 236 valence electrons. The van der Waals surface area contributed by atoms with Crippen molar-refractivity contribution in [3.63, 3.8) is 0 Å². The van der Waals surface area contributed by atoms with Crippen molar-refractivity contribution in [3.05, 3.63) is 29.8 Å². The molecule has 5 heteroatoms. The summed E-state index contributed by atoms with van der Waals surface area (Å²) in [4.78, 5) is 0.0610. The van der Waals surface area contributed by atoms with Gasteiger partial charge in [0.2, 0.25) is 0 Å². The van der Waals surface area contributed by atoms with E-state index in [-0.39, 0.29) is 4.90 Å². The molecule has 0 aliphatic heterocycles. The van der Waals surface area contributed by atoms with E-state index in [1.54, 1.807) is 89.2 Å². The van der Waals surface area contributed by atoms with E-state index in [2.05, 4.69) is 6.92 Å². The van der Waals surface area contributed by atoms with Crippen LogP contribution >= 0.6 is 7.92 Å². The molecular formula is C36H63O3PS. The van der Waals surface area contributed by atoms with Gasteiger partial charge in [-0.2, -0.15) is 8.42 Å². The lowest BCUT2D eigenvalue weighted by Gasteiger charge is -2.44. The van der Waals surface area contributed by atoms with E-state index < -0.39 is 10.1 Å². The molecule has 3 fully saturated rings. The second kappa shape index (κ2) is 20.5. The number of benzene rings is 1. The number of unbranched alkanes of at least 4 members (excludes halogenated alkanes) is 9. The van der Waals surface area contributed by atoms with Crippen LogP contribution in [0.15, 0.2) is 29.2 Å². The molecule has 0 heterocycles. The first-order chi connectivity index (χ1) is 20.0. The molecule has 1 aromatic rings. The first-order valence-electron chi connectivity index (χ1n) is 17.8. The Morgan fingerprint density at radius 1 is 0.610 bits per heavy atom. The highest BCUT2D eigenvalue weighted by Crippen LogP contribution is 2.61. The third-order valence-corrected chi connectivity index (χ3v) is 15.1. The zero-order valence-electron chi connectivity index (χ0n) is 26.5. The van der Waals surface area contributed by atoms with Gasteiger partial charge >= 0.3 is 0 Å². The third kappa shape index (κ3) is 13.4. The van der Waals surface area contributed by atoms with Crippen molar-refractivity contribution < 1.29 is 13.0 Å². The Hall–Kier alpha value is -0.440. The molecular weight excluding hydrogens is 543 g/mol. The maximum Gasteiger partial charge on any atom is 0.294 e. The Bertz CT molecular complexity index is 856. The van der Waals surface area contributed by atoms with Crippen LogP contribution in [0.2, 0.25) is 0 Å². The molecule has 3 aliphatic carbocycles. The van der Waals surface area contributed by atoms with Crippen molar-refractivity contribution in [1.29, 1.82) is 0 Å². The lowest BCUT2D eigenvalue weighted by atomic mass is 9.99. The van der Waals surface area contributed by atoms with Crippen molar-refractivity contribution >= 4 is 18.0 Å². The van der Waals surface area contributed by atoms with Gasteiger partial charge in [-0.1, -0.05) is 149 Å². The van der Waals surface area contributed by atoms with Gasteiger partial charge in [0.25, 0.3) is 10.1 Å². The third-order valence-electron chi connectivity index (χ3n) is 10.0. The quantitative estimate of drug-likeness (QED) is 0.123. The molecule has 3 saturated carbocycles. The van der Waals surface area contributed by atoms with Crippen molar-refractivity contribution in [3.8, 4) is 0 Å². The first kappa shape index (κ1) is 35.0. The molecule has 0 radical (unpaired) electrons. The maximum absolute atomic E-state index is 11.3. The van der Waals surface area contributed by atoms with Gasteiger partial charge in [-0.15, -0.1) is 0 Å². The molecule has 1 aromatic carbocycles. The van der Waals surface area contributed by atoms with Crippen LogP contribution in [-0.4, -0.2) is 29.9 Å². The van der Waals surface area contributed by atoms with Crippen LogP contribution in [0.5, 0.6) is 0 Å². The van der Waals surface area contributed by atoms with Crippen molar-refractivity contribution in [2.75, 3.05) is 0 Å². The minimum atomic E-state index is -4.10. The summed E-state index contributed by atoms with van der Waals surface area (Å²) in [5.74, 6) is 0. The van der Waals surface area contributed by atoms with Gasteiger partial charge in [0.15, 0.2) is 0 Å². The minimum Gasteiger partial charge on any atom is -0.282 e.